The van der Waals surface area contributed by atoms with Crippen molar-refractivity contribution in [3.05, 3.63) is 29.8 Å². The van der Waals surface area contributed by atoms with Gasteiger partial charge in [0.2, 0.25) is 5.91 Å². The fourth-order valence-corrected chi connectivity index (χ4v) is 3.12. The quantitative estimate of drug-likeness (QED) is 0.894. The molecule has 0 aromatic heterocycles. The van der Waals surface area contributed by atoms with Crippen molar-refractivity contribution in [1.82, 2.24) is 5.32 Å². The molecule has 0 atom stereocenters. The number of methoxy groups -OCH3 is 1. The maximum absolute atomic E-state index is 12.7. The third kappa shape index (κ3) is 2.97. The van der Waals surface area contributed by atoms with Gasteiger partial charge in [-0.3, -0.25) is 4.79 Å². The average Bonchev–Trinajstić information content (AvgIpc) is 2.53. The molecule has 0 spiro atoms. The Morgan fingerprint density at radius 2 is 1.85 bits per heavy atom. The highest BCUT2D eigenvalue weighted by Gasteiger charge is 2.40. The summed E-state index contributed by atoms with van der Waals surface area (Å²) in [5.74, 6) is 1.04. The molecule has 1 aromatic rings. The maximum atomic E-state index is 12.7. The van der Waals surface area contributed by atoms with E-state index in [4.69, 9.17) is 4.74 Å². The highest BCUT2D eigenvalue weighted by atomic mass is 16.5. The first-order valence-electron chi connectivity index (χ1n) is 7.66. The van der Waals surface area contributed by atoms with Crippen LogP contribution >= 0.6 is 0 Å². The van der Waals surface area contributed by atoms with Crippen LogP contribution in [0.15, 0.2) is 24.3 Å². The van der Waals surface area contributed by atoms with Gasteiger partial charge in [-0.1, -0.05) is 38.3 Å². The van der Waals surface area contributed by atoms with E-state index in [1.165, 1.54) is 6.42 Å². The average molecular weight is 275 g/mol. The molecule has 3 heteroatoms. The van der Waals surface area contributed by atoms with E-state index in [1.54, 1.807) is 7.11 Å². The molecule has 0 bridgehead atoms. The molecule has 0 unspecified atom stereocenters. The van der Waals surface area contributed by atoms with Crippen molar-refractivity contribution in [3.63, 3.8) is 0 Å². The van der Waals surface area contributed by atoms with Gasteiger partial charge in [-0.25, -0.2) is 0 Å². The summed E-state index contributed by atoms with van der Waals surface area (Å²) < 4.78 is 5.21. The molecule has 1 N–H and O–H groups in total. The lowest BCUT2D eigenvalue weighted by Crippen LogP contribution is -2.46. The highest BCUT2D eigenvalue weighted by molar-refractivity contribution is 5.88. The zero-order chi connectivity index (χ0) is 14.4. The number of benzene rings is 1. The Morgan fingerprint density at radius 1 is 1.20 bits per heavy atom. The highest BCUT2D eigenvalue weighted by Crippen LogP contribution is 2.40. The van der Waals surface area contributed by atoms with E-state index in [2.05, 4.69) is 24.4 Å². The van der Waals surface area contributed by atoms with E-state index >= 15 is 0 Å². The zero-order valence-corrected chi connectivity index (χ0v) is 12.6. The molecule has 1 amide bonds. The summed E-state index contributed by atoms with van der Waals surface area (Å²) >= 11 is 0. The van der Waals surface area contributed by atoms with Crippen LogP contribution in [0.5, 0.6) is 5.75 Å². The van der Waals surface area contributed by atoms with Crippen molar-refractivity contribution in [2.24, 2.45) is 0 Å². The lowest BCUT2D eigenvalue weighted by Gasteiger charge is -2.36. The number of hydrogen-bond donors (Lipinski definition) is 1. The minimum absolute atomic E-state index is 0.198. The van der Waals surface area contributed by atoms with Crippen LogP contribution in [0.1, 0.15) is 51.0 Å². The Hall–Kier alpha value is -1.51. The van der Waals surface area contributed by atoms with Gasteiger partial charge in [-0.05, 0) is 37.0 Å². The maximum Gasteiger partial charge on any atom is 0.230 e. The normalized spacial score (nSPS) is 17.5. The van der Waals surface area contributed by atoms with Gasteiger partial charge in [-0.2, -0.15) is 0 Å². The standard InChI is InChI=1S/C17H25NO2/c1-3-13-18-16(19)17(11-5-4-6-12-17)14-7-9-15(20-2)10-8-14/h7-10H,3-6,11-13H2,1-2H3,(H,18,19). The second-order valence-corrected chi connectivity index (χ2v) is 5.63. The molecule has 0 radical (unpaired) electrons. The minimum atomic E-state index is -0.334. The predicted octanol–water partition coefficient (Wildman–Crippen LogP) is 3.42. The fourth-order valence-electron chi connectivity index (χ4n) is 3.12. The van der Waals surface area contributed by atoms with Crippen molar-refractivity contribution >= 4 is 5.91 Å². The van der Waals surface area contributed by atoms with Crippen molar-refractivity contribution in [1.29, 1.82) is 0 Å². The lowest BCUT2D eigenvalue weighted by atomic mass is 9.68. The van der Waals surface area contributed by atoms with Crippen LogP contribution in [0.3, 0.4) is 0 Å². The smallest absolute Gasteiger partial charge is 0.230 e. The molecule has 0 aliphatic heterocycles. The van der Waals surface area contributed by atoms with Crippen molar-refractivity contribution < 1.29 is 9.53 Å². The Morgan fingerprint density at radius 3 is 2.40 bits per heavy atom. The summed E-state index contributed by atoms with van der Waals surface area (Å²) in [4.78, 5) is 12.7. The third-order valence-electron chi connectivity index (χ3n) is 4.32. The van der Waals surface area contributed by atoms with Gasteiger partial charge in [0, 0.05) is 6.54 Å². The molecule has 1 aliphatic carbocycles. The van der Waals surface area contributed by atoms with E-state index in [0.717, 1.165) is 50.0 Å². The van der Waals surface area contributed by atoms with Gasteiger partial charge in [-0.15, -0.1) is 0 Å². The van der Waals surface area contributed by atoms with Crippen molar-refractivity contribution in [2.45, 2.75) is 50.9 Å². The first-order valence-corrected chi connectivity index (χ1v) is 7.66. The van der Waals surface area contributed by atoms with Gasteiger partial charge >= 0.3 is 0 Å². The molecule has 0 heterocycles. The van der Waals surface area contributed by atoms with E-state index < -0.39 is 0 Å². The molecule has 1 aliphatic rings. The number of rotatable bonds is 5. The van der Waals surface area contributed by atoms with Gasteiger partial charge in [0.15, 0.2) is 0 Å². The summed E-state index contributed by atoms with van der Waals surface area (Å²) in [5, 5.41) is 3.10. The molecule has 3 nitrogen and oxygen atoms in total. The summed E-state index contributed by atoms with van der Waals surface area (Å²) in [6, 6.07) is 8.02. The monoisotopic (exact) mass is 275 g/mol. The molecule has 1 aromatic carbocycles. The molecular weight excluding hydrogens is 250 g/mol. The molecule has 1 saturated carbocycles. The summed E-state index contributed by atoms with van der Waals surface area (Å²) in [7, 11) is 1.67. The number of ether oxygens (including phenoxy) is 1. The largest absolute Gasteiger partial charge is 0.497 e. The third-order valence-corrected chi connectivity index (χ3v) is 4.32. The van der Waals surface area contributed by atoms with Crippen LogP contribution in [0, 0.1) is 0 Å². The van der Waals surface area contributed by atoms with Crippen molar-refractivity contribution in [2.75, 3.05) is 13.7 Å². The molecule has 110 valence electrons. The Bertz CT molecular complexity index is 433. The molecule has 2 rings (SSSR count). The molecule has 1 fully saturated rings. The molecular formula is C17H25NO2. The van der Waals surface area contributed by atoms with E-state index in [0.29, 0.717) is 0 Å². The van der Waals surface area contributed by atoms with Crippen LogP contribution in [0.4, 0.5) is 0 Å². The molecule has 20 heavy (non-hydrogen) atoms. The second kappa shape index (κ2) is 6.78. The zero-order valence-electron chi connectivity index (χ0n) is 12.6. The fraction of sp³-hybridized carbons (Fsp3) is 0.588. The van der Waals surface area contributed by atoms with Crippen LogP contribution in [0.25, 0.3) is 0 Å². The Labute approximate surface area is 121 Å². The minimum Gasteiger partial charge on any atom is -0.497 e. The number of amides is 1. The van der Waals surface area contributed by atoms with E-state index in [9.17, 15) is 4.79 Å². The van der Waals surface area contributed by atoms with Gasteiger partial charge in [0.25, 0.3) is 0 Å². The predicted molar refractivity (Wildman–Crippen MR) is 81.1 cm³/mol. The molecule has 0 saturated heterocycles. The van der Waals surface area contributed by atoms with Crippen LogP contribution in [-0.4, -0.2) is 19.6 Å². The Balaban J connectivity index is 2.27. The second-order valence-electron chi connectivity index (χ2n) is 5.63. The Kier molecular flexibility index (Phi) is 5.05. The van der Waals surface area contributed by atoms with Gasteiger partial charge in [0.1, 0.15) is 5.75 Å². The van der Waals surface area contributed by atoms with Gasteiger partial charge < -0.3 is 10.1 Å². The SMILES string of the molecule is CCCNC(=O)C1(c2ccc(OC)cc2)CCCCC1. The van der Waals surface area contributed by atoms with Crippen LogP contribution in [0.2, 0.25) is 0 Å². The number of nitrogens with one attached hydrogen (secondary N) is 1. The summed E-state index contributed by atoms with van der Waals surface area (Å²) in [5.41, 5.74) is 0.797. The summed E-state index contributed by atoms with van der Waals surface area (Å²) in [6.07, 6.45) is 6.38. The van der Waals surface area contributed by atoms with Crippen molar-refractivity contribution in [3.8, 4) is 5.75 Å². The van der Waals surface area contributed by atoms with Crippen LogP contribution in [-0.2, 0) is 10.2 Å². The van der Waals surface area contributed by atoms with Crippen LogP contribution < -0.4 is 10.1 Å². The lowest BCUT2D eigenvalue weighted by molar-refractivity contribution is -0.128. The topological polar surface area (TPSA) is 38.3 Å². The number of carbonyl (C=O) groups is 1. The first kappa shape index (κ1) is 14.9. The summed E-state index contributed by atoms with van der Waals surface area (Å²) in [6.45, 7) is 2.85. The van der Waals surface area contributed by atoms with Gasteiger partial charge in [0.05, 0.1) is 12.5 Å². The number of carbonyl (C=O) groups excluding carboxylic acids is 1. The van der Waals surface area contributed by atoms with E-state index in [-0.39, 0.29) is 11.3 Å². The number of hydrogen-bond acceptors (Lipinski definition) is 2. The first-order chi connectivity index (χ1) is 9.73. The van der Waals surface area contributed by atoms with E-state index in [1.807, 2.05) is 12.1 Å².